The summed E-state index contributed by atoms with van der Waals surface area (Å²) in [7, 11) is 1.84. The van der Waals surface area contributed by atoms with Gasteiger partial charge in [-0.3, -0.25) is 4.79 Å². The summed E-state index contributed by atoms with van der Waals surface area (Å²) in [6.45, 7) is 1.77. The molecule has 1 amide bonds. The summed E-state index contributed by atoms with van der Waals surface area (Å²) in [6.07, 6.45) is 1.68. The summed E-state index contributed by atoms with van der Waals surface area (Å²) in [6, 6.07) is 5.50. The van der Waals surface area contributed by atoms with E-state index < -0.39 is 17.9 Å². The number of hydrogen-bond acceptors (Lipinski definition) is 10. The van der Waals surface area contributed by atoms with Gasteiger partial charge in [0.25, 0.3) is 5.91 Å². The number of carboxylic acid groups (broad SMARTS) is 1. The van der Waals surface area contributed by atoms with Crippen LogP contribution in [0.1, 0.15) is 35.8 Å². The number of carboxylic acids is 1. The molecule has 2 heterocycles. The van der Waals surface area contributed by atoms with E-state index in [0.717, 1.165) is 5.69 Å². The fourth-order valence-electron chi connectivity index (χ4n) is 3.11. The van der Waals surface area contributed by atoms with Gasteiger partial charge in [0.05, 0.1) is 18.4 Å². The van der Waals surface area contributed by atoms with Crippen LogP contribution in [-0.4, -0.2) is 55.8 Å². The lowest BCUT2D eigenvalue weighted by Crippen LogP contribution is -2.41. The number of carbonyl (C=O) groups excluding carboxylic acids is 2. The number of fused-ring (bicyclic) bond motifs is 1. The van der Waals surface area contributed by atoms with Crippen LogP contribution in [0, 0.1) is 0 Å². The molecule has 0 saturated heterocycles. The van der Waals surface area contributed by atoms with Crippen LogP contribution < -0.4 is 21.7 Å². The van der Waals surface area contributed by atoms with Crippen LogP contribution in [0.5, 0.6) is 0 Å². The Hall–Kier alpha value is -4.35. The predicted octanol–water partition coefficient (Wildman–Crippen LogP) is 0.773. The molecule has 0 aliphatic rings. The zero-order valence-electron chi connectivity index (χ0n) is 18.1. The van der Waals surface area contributed by atoms with E-state index in [1.807, 2.05) is 11.9 Å². The first-order valence-corrected chi connectivity index (χ1v) is 10.0. The van der Waals surface area contributed by atoms with Gasteiger partial charge in [-0.2, -0.15) is 9.97 Å². The van der Waals surface area contributed by atoms with Gasteiger partial charge in [-0.05, 0) is 37.6 Å². The highest BCUT2D eigenvalue weighted by Gasteiger charge is 2.21. The second kappa shape index (κ2) is 9.85. The van der Waals surface area contributed by atoms with E-state index in [2.05, 4.69) is 25.3 Å². The van der Waals surface area contributed by atoms with Gasteiger partial charge < -0.3 is 31.6 Å². The Morgan fingerprint density at radius 2 is 1.82 bits per heavy atom. The van der Waals surface area contributed by atoms with Crippen molar-refractivity contribution >= 4 is 46.3 Å². The predicted molar refractivity (Wildman–Crippen MR) is 121 cm³/mol. The number of benzene rings is 1. The number of nitrogens with zero attached hydrogens (tertiary/aromatic N) is 5. The Morgan fingerprint density at radius 1 is 1.12 bits per heavy atom. The van der Waals surface area contributed by atoms with Crippen LogP contribution in [0.25, 0.3) is 11.2 Å². The second-order valence-corrected chi connectivity index (χ2v) is 7.51. The van der Waals surface area contributed by atoms with Gasteiger partial charge in [-0.15, -0.1) is 0 Å². The molecule has 12 nitrogen and oxygen atoms in total. The minimum atomic E-state index is -1.19. The SMILES string of the molecule is CC(=O)CC[C@@H](NC(=O)c1ccc(N(C)Cc2cnc3nc(N)nc(N)c3n2)cc1)C(=O)O. The van der Waals surface area contributed by atoms with E-state index in [4.69, 9.17) is 11.5 Å². The Kier molecular flexibility index (Phi) is 6.96. The monoisotopic (exact) mass is 452 g/mol. The van der Waals surface area contributed by atoms with E-state index in [-0.39, 0.29) is 30.4 Å². The van der Waals surface area contributed by atoms with Crippen molar-refractivity contribution in [2.24, 2.45) is 0 Å². The molecule has 6 N–H and O–H groups in total. The minimum Gasteiger partial charge on any atom is -0.480 e. The number of hydrogen-bond donors (Lipinski definition) is 4. The molecular formula is C21H24N8O4. The molecule has 3 rings (SSSR count). The van der Waals surface area contributed by atoms with Crippen molar-refractivity contribution in [3.63, 3.8) is 0 Å². The molecule has 33 heavy (non-hydrogen) atoms. The van der Waals surface area contributed by atoms with Gasteiger partial charge in [0, 0.05) is 24.7 Å². The summed E-state index contributed by atoms with van der Waals surface area (Å²) in [5.41, 5.74) is 13.8. The van der Waals surface area contributed by atoms with Crippen LogP contribution in [0.4, 0.5) is 17.5 Å². The fourth-order valence-corrected chi connectivity index (χ4v) is 3.11. The van der Waals surface area contributed by atoms with Crippen LogP contribution in [0.15, 0.2) is 30.5 Å². The molecule has 0 bridgehead atoms. The van der Waals surface area contributed by atoms with Gasteiger partial charge in [-0.25, -0.2) is 14.8 Å². The van der Waals surface area contributed by atoms with Crippen molar-refractivity contribution in [3.05, 3.63) is 41.7 Å². The minimum absolute atomic E-state index is 0.0248. The lowest BCUT2D eigenvalue weighted by molar-refractivity contribution is -0.139. The summed E-state index contributed by atoms with van der Waals surface area (Å²) < 4.78 is 0. The molecule has 0 spiro atoms. The second-order valence-electron chi connectivity index (χ2n) is 7.51. The average Bonchev–Trinajstić information content (AvgIpc) is 2.76. The number of ketones is 1. The topological polar surface area (TPSA) is 190 Å². The van der Waals surface area contributed by atoms with Crippen LogP contribution in [0.3, 0.4) is 0 Å². The normalized spacial score (nSPS) is 11.7. The molecule has 0 aliphatic heterocycles. The molecule has 0 unspecified atom stereocenters. The number of Topliss-reactive ketones (excluding diaryl/α,β-unsaturated/α-hetero) is 1. The molecule has 0 aliphatic carbocycles. The largest absolute Gasteiger partial charge is 0.480 e. The fraction of sp³-hybridized carbons (Fsp3) is 0.286. The molecule has 3 aromatic rings. The first kappa shape index (κ1) is 23.3. The van der Waals surface area contributed by atoms with Crippen molar-refractivity contribution in [1.29, 1.82) is 0 Å². The number of carbonyl (C=O) groups is 3. The molecule has 12 heteroatoms. The molecular weight excluding hydrogens is 428 g/mol. The third-order valence-corrected chi connectivity index (χ3v) is 4.86. The maximum Gasteiger partial charge on any atom is 0.326 e. The number of amides is 1. The van der Waals surface area contributed by atoms with Crippen molar-refractivity contribution in [3.8, 4) is 0 Å². The van der Waals surface area contributed by atoms with Crippen molar-refractivity contribution < 1.29 is 19.5 Å². The van der Waals surface area contributed by atoms with Gasteiger partial charge in [0.15, 0.2) is 17.0 Å². The zero-order valence-corrected chi connectivity index (χ0v) is 18.1. The molecule has 1 atom stereocenters. The first-order valence-electron chi connectivity index (χ1n) is 10.0. The van der Waals surface area contributed by atoms with E-state index in [0.29, 0.717) is 29.0 Å². The van der Waals surface area contributed by atoms with Crippen LogP contribution in [0.2, 0.25) is 0 Å². The van der Waals surface area contributed by atoms with Gasteiger partial charge >= 0.3 is 5.97 Å². The third kappa shape index (κ3) is 5.87. The summed E-state index contributed by atoms with van der Waals surface area (Å²) in [5.74, 6) is -1.69. The van der Waals surface area contributed by atoms with Crippen LogP contribution in [-0.2, 0) is 16.1 Å². The molecule has 0 radical (unpaired) electrons. The van der Waals surface area contributed by atoms with E-state index in [1.165, 1.54) is 6.92 Å². The lowest BCUT2D eigenvalue weighted by atomic mass is 10.1. The quantitative estimate of drug-likeness (QED) is 0.358. The smallest absolute Gasteiger partial charge is 0.326 e. The summed E-state index contributed by atoms with van der Waals surface area (Å²) in [5, 5.41) is 11.7. The van der Waals surface area contributed by atoms with Crippen molar-refractivity contribution in [1.82, 2.24) is 25.3 Å². The highest BCUT2D eigenvalue weighted by Crippen LogP contribution is 2.19. The molecule has 172 valence electrons. The van der Waals surface area contributed by atoms with E-state index in [9.17, 15) is 19.5 Å². The Labute approximate surface area is 189 Å². The number of aromatic nitrogens is 4. The molecule has 1 aromatic carbocycles. The molecule has 0 fully saturated rings. The number of anilines is 3. The highest BCUT2D eigenvalue weighted by atomic mass is 16.4. The number of nitrogen functional groups attached to an aromatic ring is 2. The lowest BCUT2D eigenvalue weighted by Gasteiger charge is -2.19. The average molecular weight is 452 g/mol. The van der Waals surface area contributed by atoms with Gasteiger partial charge in [0.1, 0.15) is 11.8 Å². The van der Waals surface area contributed by atoms with Crippen molar-refractivity contribution in [2.75, 3.05) is 23.4 Å². The number of nitrogens with one attached hydrogen (secondary N) is 1. The van der Waals surface area contributed by atoms with Crippen molar-refractivity contribution in [2.45, 2.75) is 32.4 Å². The van der Waals surface area contributed by atoms with E-state index >= 15 is 0 Å². The van der Waals surface area contributed by atoms with Gasteiger partial charge in [0.2, 0.25) is 5.95 Å². The maximum atomic E-state index is 12.4. The summed E-state index contributed by atoms with van der Waals surface area (Å²) in [4.78, 5) is 53.4. The maximum absolute atomic E-state index is 12.4. The summed E-state index contributed by atoms with van der Waals surface area (Å²) >= 11 is 0. The number of aliphatic carboxylic acids is 1. The third-order valence-electron chi connectivity index (χ3n) is 4.86. The Morgan fingerprint density at radius 3 is 2.45 bits per heavy atom. The van der Waals surface area contributed by atoms with Gasteiger partial charge in [-0.1, -0.05) is 0 Å². The Bertz CT molecular complexity index is 1200. The van der Waals surface area contributed by atoms with Crippen LogP contribution >= 0.6 is 0 Å². The number of nitrogens with two attached hydrogens (primary N) is 2. The number of rotatable bonds is 9. The first-order chi connectivity index (χ1) is 15.6. The van der Waals surface area contributed by atoms with E-state index in [1.54, 1.807) is 30.5 Å². The molecule has 2 aromatic heterocycles. The Balaban J connectivity index is 1.67. The standard InChI is InChI=1S/C21H24N8O4/c1-11(30)3-8-15(20(32)33)26-19(31)12-4-6-14(7-5-12)29(2)10-13-9-24-18-16(25-13)17(22)27-21(23)28-18/h4-7,9,15H,3,8,10H2,1-2H3,(H,26,31)(H,32,33)(H4,22,23,24,27,28)/t15-/m1/s1. The highest BCUT2D eigenvalue weighted by molar-refractivity contribution is 5.97. The zero-order chi connectivity index (χ0) is 24.1. The molecule has 0 saturated carbocycles.